The zero-order valence-electron chi connectivity index (χ0n) is 15.6. The molecular weight excluding hydrogens is 372 g/mol. The summed E-state index contributed by atoms with van der Waals surface area (Å²) in [6, 6.07) is 3.67. The van der Waals surface area contributed by atoms with E-state index < -0.39 is 27.9 Å². The SMILES string of the molecule is CCCCS(=O)(=O)N1CCCC1C(=O)Nc1cc(COC)cc(C(=O)O)c1. The van der Waals surface area contributed by atoms with Crippen LogP contribution in [0, 0.1) is 0 Å². The fraction of sp³-hybridized carbons (Fsp3) is 0.556. The second kappa shape index (κ2) is 9.29. The van der Waals surface area contributed by atoms with Crippen molar-refractivity contribution in [2.75, 3.05) is 24.7 Å². The Morgan fingerprint density at radius 2 is 2.07 bits per heavy atom. The Balaban J connectivity index is 2.19. The van der Waals surface area contributed by atoms with Crippen molar-refractivity contribution < 1.29 is 27.9 Å². The largest absolute Gasteiger partial charge is 0.478 e. The molecule has 2 N–H and O–H groups in total. The van der Waals surface area contributed by atoms with Crippen molar-refractivity contribution in [2.45, 2.75) is 45.3 Å². The number of carboxylic acid groups (broad SMARTS) is 1. The Hall–Kier alpha value is -1.97. The van der Waals surface area contributed by atoms with Crippen LogP contribution in [-0.2, 0) is 26.2 Å². The van der Waals surface area contributed by atoms with Gasteiger partial charge in [0.2, 0.25) is 15.9 Å². The number of benzene rings is 1. The molecule has 1 saturated heterocycles. The topological polar surface area (TPSA) is 113 Å². The van der Waals surface area contributed by atoms with Gasteiger partial charge in [-0.25, -0.2) is 13.2 Å². The first-order chi connectivity index (χ1) is 12.8. The fourth-order valence-electron chi connectivity index (χ4n) is 3.14. The van der Waals surface area contributed by atoms with E-state index in [0.29, 0.717) is 37.1 Å². The first-order valence-corrected chi connectivity index (χ1v) is 10.6. The average Bonchev–Trinajstić information content (AvgIpc) is 3.11. The molecule has 27 heavy (non-hydrogen) atoms. The molecule has 0 aliphatic carbocycles. The Morgan fingerprint density at radius 3 is 2.70 bits per heavy atom. The van der Waals surface area contributed by atoms with Crippen molar-refractivity contribution in [2.24, 2.45) is 0 Å². The van der Waals surface area contributed by atoms with Crippen molar-refractivity contribution in [3.8, 4) is 0 Å². The van der Waals surface area contributed by atoms with Gasteiger partial charge in [-0.2, -0.15) is 4.31 Å². The van der Waals surface area contributed by atoms with E-state index in [4.69, 9.17) is 4.74 Å². The van der Waals surface area contributed by atoms with Gasteiger partial charge in [-0.15, -0.1) is 0 Å². The van der Waals surface area contributed by atoms with E-state index in [2.05, 4.69) is 5.32 Å². The number of aromatic carboxylic acids is 1. The van der Waals surface area contributed by atoms with Gasteiger partial charge in [0, 0.05) is 19.3 Å². The second-order valence-corrected chi connectivity index (χ2v) is 8.63. The minimum absolute atomic E-state index is 0.0266. The third kappa shape index (κ3) is 5.50. The van der Waals surface area contributed by atoms with Gasteiger partial charge in [0.1, 0.15) is 6.04 Å². The van der Waals surface area contributed by atoms with Crippen LogP contribution in [0.15, 0.2) is 18.2 Å². The summed E-state index contributed by atoms with van der Waals surface area (Å²) >= 11 is 0. The quantitative estimate of drug-likeness (QED) is 0.658. The molecule has 0 bridgehead atoms. The number of amides is 1. The smallest absolute Gasteiger partial charge is 0.335 e. The molecule has 0 saturated carbocycles. The van der Waals surface area contributed by atoms with Crippen LogP contribution in [0.4, 0.5) is 5.69 Å². The maximum Gasteiger partial charge on any atom is 0.335 e. The number of hydrogen-bond donors (Lipinski definition) is 2. The van der Waals surface area contributed by atoms with Gasteiger partial charge in [0.15, 0.2) is 0 Å². The number of methoxy groups -OCH3 is 1. The molecule has 1 atom stereocenters. The van der Waals surface area contributed by atoms with Crippen LogP contribution >= 0.6 is 0 Å². The molecule has 1 unspecified atom stereocenters. The highest BCUT2D eigenvalue weighted by Crippen LogP contribution is 2.24. The van der Waals surface area contributed by atoms with Gasteiger partial charge in [-0.3, -0.25) is 4.79 Å². The van der Waals surface area contributed by atoms with Crippen molar-refractivity contribution in [3.63, 3.8) is 0 Å². The fourth-order valence-corrected chi connectivity index (χ4v) is 5.03. The van der Waals surface area contributed by atoms with Gasteiger partial charge in [-0.05, 0) is 43.0 Å². The Labute approximate surface area is 159 Å². The predicted octanol–water partition coefficient (Wildman–Crippen LogP) is 2.06. The summed E-state index contributed by atoms with van der Waals surface area (Å²) in [5.74, 6) is -1.54. The zero-order valence-corrected chi connectivity index (χ0v) is 16.4. The number of nitrogens with zero attached hydrogens (tertiary/aromatic N) is 1. The van der Waals surface area contributed by atoms with E-state index in [1.54, 1.807) is 6.07 Å². The number of carboxylic acids is 1. The number of anilines is 1. The minimum atomic E-state index is -3.49. The summed E-state index contributed by atoms with van der Waals surface area (Å²) in [7, 11) is -2.00. The summed E-state index contributed by atoms with van der Waals surface area (Å²) in [5.41, 5.74) is 0.940. The van der Waals surface area contributed by atoms with Crippen LogP contribution in [0.2, 0.25) is 0 Å². The van der Waals surface area contributed by atoms with Crippen LogP contribution < -0.4 is 5.32 Å². The van der Waals surface area contributed by atoms with Crippen molar-refractivity contribution in [3.05, 3.63) is 29.3 Å². The third-order valence-corrected chi connectivity index (χ3v) is 6.39. The molecule has 150 valence electrons. The zero-order chi connectivity index (χ0) is 20.0. The van der Waals surface area contributed by atoms with E-state index in [1.165, 1.54) is 23.5 Å². The first kappa shape index (κ1) is 21.3. The minimum Gasteiger partial charge on any atom is -0.478 e. The molecule has 2 rings (SSSR count). The van der Waals surface area contributed by atoms with Crippen molar-refractivity contribution >= 4 is 27.6 Å². The number of hydrogen-bond acceptors (Lipinski definition) is 5. The first-order valence-electron chi connectivity index (χ1n) is 8.95. The predicted molar refractivity (Wildman–Crippen MR) is 101 cm³/mol. The van der Waals surface area contributed by atoms with Gasteiger partial charge in [-0.1, -0.05) is 13.3 Å². The summed E-state index contributed by atoms with van der Waals surface area (Å²) in [6.07, 6.45) is 2.37. The second-order valence-electron chi connectivity index (χ2n) is 6.58. The summed E-state index contributed by atoms with van der Waals surface area (Å²) in [4.78, 5) is 24.0. The van der Waals surface area contributed by atoms with E-state index in [0.717, 1.165) is 6.42 Å². The molecule has 1 aromatic carbocycles. The Bertz CT molecular complexity index is 793. The number of carbonyl (C=O) groups excluding carboxylic acids is 1. The van der Waals surface area contributed by atoms with Gasteiger partial charge < -0.3 is 15.2 Å². The van der Waals surface area contributed by atoms with Crippen LogP contribution in [-0.4, -0.2) is 55.2 Å². The number of nitrogens with one attached hydrogen (secondary N) is 1. The van der Waals surface area contributed by atoms with Gasteiger partial charge >= 0.3 is 5.97 Å². The number of rotatable bonds is 9. The van der Waals surface area contributed by atoms with Crippen molar-refractivity contribution in [1.82, 2.24) is 4.31 Å². The van der Waals surface area contributed by atoms with E-state index in [1.807, 2.05) is 6.92 Å². The summed E-state index contributed by atoms with van der Waals surface area (Å²) in [6.45, 7) is 2.44. The lowest BCUT2D eigenvalue weighted by molar-refractivity contribution is -0.119. The van der Waals surface area contributed by atoms with E-state index >= 15 is 0 Å². The molecule has 0 aromatic heterocycles. The molecule has 1 heterocycles. The van der Waals surface area contributed by atoms with Crippen LogP contribution in [0.5, 0.6) is 0 Å². The average molecular weight is 398 g/mol. The number of ether oxygens (including phenoxy) is 1. The van der Waals surface area contributed by atoms with Gasteiger partial charge in [0.05, 0.1) is 17.9 Å². The van der Waals surface area contributed by atoms with Crippen molar-refractivity contribution in [1.29, 1.82) is 0 Å². The van der Waals surface area contributed by atoms with Crippen LogP contribution in [0.1, 0.15) is 48.5 Å². The lowest BCUT2D eigenvalue weighted by Gasteiger charge is -2.23. The molecule has 1 fully saturated rings. The molecule has 1 aliphatic heterocycles. The number of sulfonamides is 1. The lowest BCUT2D eigenvalue weighted by atomic mass is 10.1. The molecule has 1 amide bonds. The van der Waals surface area contributed by atoms with Crippen LogP contribution in [0.25, 0.3) is 0 Å². The standard InChI is InChI=1S/C18H26N2O6S/c1-3-4-8-27(24,25)20-7-5-6-16(20)17(21)19-15-10-13(12-26-2)9-14(11-15)18(22)23/h9-11,16H,3-8,12H2,1-2H3,(H,19,21)(H,22,23). The monoisotopic (exact) mass is 398 g/mol. The Kier molecular flexibility index (Phi) is 7.34. The molecule has 0 radical (unpaired) electrons. The molecule has 1 aliphatic rings. The highest BCUT2D eigenvalue weighted by Gasteiger charge is 2.38. The Morgan fingerprint density at radius 1 is 1.33 bits per heavy atom. The normalized spacial score (nSPS) is 17.8. The summed E-state index contributed by atoms with van der Waals surface area (Å²) < 4.78 is 31.3. The molecule has 9 heteroatoms. The maximum atomic E-state index is 12.7. The molecule has 1 aromatic rings. The molecule has 8 nitrogen and oxygen atoms in total. The maximum absolute atomic E-state index is 12.7. The third-order valence-electron chi connectivity index (χ3n) is 4.44. The molecule has 0 spiro atoms. The van der Waals surface area contributed by atoms with E-state index in [-0.39, 0.29) is 17.9 Å². The summed E-state index contributed by atoms with van der Waals surface area (Å²) in [5, 5.41) is 11.9. The number of unbranched alkanes of at least 4 members (excludes halogenated alkanes) is 1. The van der Waals surface area contributed by atoms with Gasteiger partial charge in [0.25, 0.3) is 0 Å². The molecular formula is C18H26N2O6S. The highest BCUT2D eigenvalue weighted by atomic mass is 32.2. The number of carbonyl (C=O) groups is 2. The lowest BCUT2D eigenvalue weighted by Crippen LogP contribution is -2.44. The highest BCUT2D eigenvalue weighted by molar-refractivity contribution is 7.89. The van der Waals surface area contributed by atoms with E-state index in [9.17, 15) is 23.1 Å². The van der Waals surface area contributed by atoms with Crippen LogP contribution in [0.3, 0.4) is 0 Å².